The van der Waals surface area contributed by atoms with E-state index in [0.29, 0.717) is 5.56 Å². The van der Waals surface area contributed by atoms with E-state index in [2.05, 4.69) is 5.32 Å². The lowest BCUT2D eigenvalue weighted by atomic mass is 10.0. The molecule has 26 heavy (non-hydrogen) atoms. The second-order valence-corrected chi connectivity index (χ2v) is 5.63. The number of non-ortho nitro benzene ring substituents is 1. The zero-order valence-electron chi connectivity index (χ0n) is 13.8. The van der Waals surface area contributed by atoms with Crippen molar-refractivity contribution in [1.29, 1.82) is 0 Å². The molecule has 0 aromatic heterocycles. The summed E-state index contributed by atoms with van der Waals surface area (Å²) < 4.78 is 5.10. The fraction of sp³-hybridized carbons (Fsp3) is 0.222. The summed E-state index contributed by atoms with van der Waals surface area (Å²) in [5.74, 6) is -1.07. The maximum absolute atomic E-state index is 11.9. The standard InChI is InChI=1S/C18H18N2O6/c21-17(22)11-15(10-13-6-8-16(9-7-13)20(24)25)19-18(23)26-12-14-4-2-1-3-5-14/h1-9,15H,10-12H2,(H,19,23)(H,21,22)/t15-/m1/s1. The number of rotatable bonds is 8. The summed E-state index contributed by atoms with van der Waals surface area (Å²) in [5.41, 5.74) is 1.43. The Labute approximate surface area is 149 Å². The van der Waals surface area contributed by atoms with Gasteiger partial charge in [-0.05, 0) is 17.5 Å². The number of amides is 1. The molecule has 0 radical (unpaired) electrons. The summed E-state index contributed by atoms with van der Waals surface area (Å²) in [4.78, 5) is 33.1. The van der Waals surface area contributed by atoms with Crippen LogP contribution >= 0.6 is 0 Å². The van der Waals surface area contributed by atoms with Crippen LogP contribution in [0.25, 0.3) is 0 Å². The Morgan fingerprint density at radius 3 is 2.31 bits per heavy atom. The van der Waals surface area contributed by atoms with Gasteiger partial charge in [0.05, 0.1) is 11.3 Å². The van der Waals surface area contributed by atoms with Crippen molar-refractivity contribution in [3.63, 3.8) is 0 Å². The molecule has 0 saturated carbocycles. The lowest BCUT2D eigenvalue weighted by Crippen LogP contribution is -2.38. The van der Waals surface area contributed by atoms with Crippen molar-refractivity contribution in [2.75, 3.05) is 0 Å². The van der Waals surface area contributed by atoms with Gasteiger partial charge in [-0.3, -0.25) is 14.9 Å². The molecule has 2 aromatic rings. The molecule has 2 rings (SSSR count). The third-order valence-electron chi connectivity index (χ3n) is 3.59. The molecule has 8 heteroatoms. The van der Waals surface area contributed by atoms with Gasteiger partial charge in [0.2, 0.25) is 0 Å². The van der Waals surface area contributed by atoms with Gasteiger partial charge >= 0.3 is 12.1 Å². The number of carboxylic acid groups (broad SMARTS) is 1. The summed E-state index contributed by atoms with van der Waals surface area (Å²) in [6, 6.07) is 14.1. The Balaban J connectivity index is 1.94. The molecule has 0 heterocycles. The zero-order chi connectivity index (χ0) is 18.9. The first-order valence-corrected chi connectivity index (χ1v) is 7.86. The molecule has 0 saturated heterocycles. The molecule has 0 fully saturated rings. The minimum Gasteiger partial charge on any atom is -0.481 e. The molecule has 1 atom stereocenters. The van der Waals surface area contributed by atoms with Crippen LogP contribution in [0.4, 0.5) is 10.5 Å². The number of nitrogens with zero attached hydrogens (tertiary/aromatic N) is 1. The number of aliphatic carboxylic acids is 1. The molecule has 8 nitrogen and oxygen atoms in total. The maximum atomic E-state index is 11.9. The molecule has 0 aliphatic carbocycles. The van der Waals surface area contributed by atoms with Crippen molar-refractivity contribution in [3.8, 4) is 0 Å². The van der Waals surface area contributed by atoms with Crippen LogP contribution in [0.15, 0.2) is 54.6 Å². The number of benzene rings is 2. The van der Waals surface area contributed by atoms with E-state index in [1.165, 1.54) is 24.3 Å². The number of nitro benzene ring substituents is 1. The molecule has 0 unspecified atom stereocenters. The van der Waals surface area contributed by atoms with Crippen LogP contribution in [-0.2, 0) is 22.6 Å². The van der Waals surface area contributed by atoms with E-state index >= 15 is 0 Å². The quantitative estimate of drug-likeness (QED) is 0.553. The first-order chi connectivity index (χ1) is 12.4. The number of hydrogen-bond acceptors (Lipinski definition) is 5. The fourth-order valence-electron chi connectivity index (χ4n) is 2.35. The fourth-order valence-corrected chi connectivity index (χ4v) is 2.35. The molecule has 0 bridgehead atoms. The van der Waals surface area contributed by atoms with Gasteiger partial charge in [-0.1, -0.05) is 42.5 Å². The van der Waals surface area contributed by atoms with E-state index in [9.17, 15) is 19.7 Å². The van der Waals surface area contributed by atoms with Gasteiger partial charge in [-0.25, -0.2) is 4.79 Å². The number of ether oxygens (including phenoxy) is 1. The molecule has 0 spiro atoms. The number of carbonyl (C=O) groups is 2. The monoisotopic (exact) mass is 358 g/mol. The van der Waals surface area contributed by atoms with Gasteiger partial charge in [0.15, 0.2) is 0 Å². The molecule has 136 valence electrons. The van der Waals surface area contributed by atoms with Crippen molar-refractivity contribution >= 4 is 17.7 Å². The highest BCUT2D eigenvalue weighted by molar-refractivity contribution is 5.71. The number of carbonyl (C=O) groups excluding carboxylic acids is 1. The van der Waals surface area contributed by atoms with Crippen LogP contribution in [0.3, 0.4) is 0 Å². The van der Waals surface area contributed by atoms with Gasteiger partial charge in [0, 0.05) is 18.2 Å². The van der Waals surface area contributed by atoms with Crippen LogP contribution in [0, 0.1) is 10.1 Å². The average molecular weight is 358 g/mol. The second kappa shape index (κ2) is 9.16. The maximum Gasteiger partial charge on any atom is 0.407 e. The van der Waals surface area contributed by atoms with Crippen LogP contribution in [0.1, 0.15) is 17.5 Å². The minimum absolute atomic E-state index is 0.0567. The number of hydrogen-bond donors (Lipinski definition) is 2. The Morgan fingerprint density at radius 2 is 1.73 bits per heavy atom. The lowest BCUT2D eigenvalue weighted by Gasteiger charge is -2.17. The summed E-state index contributed by atoms with van der Waals surface area (Å²) in [6.07, 6.45) is -0.802. The highest BCUT2D eigenvalue weighted by Gasteiger charge is 2.18. The Hall–Kier alpha value is -3.42. The van der Waals surface area contributed by atoms with E-state index in [1.54, 1.807) is 12.1 Å². The Bertz CT molecular complexity index is 761. The van der Waals surface area contributed by atoms with E-state index < -0.39 is 23.0 Å². The van der Waals surface area contributed by atoms with Crippen LogP contribution in [0.2, 0.25) is 0 Å². The van der Waals surface area contributed by atoms with Crippen LogP contribution in [0.5, 0.6) is 0 Å². The molecule has 0 aliphatic heterocycles. The normalized spacial score (nSPS) is 11.4. The van der Waals surface area contributed by atoms with E-state index in [-0.39, 0.29) is 25.1 Å². The predicted octanol–water partition coefficient (Wildman–Crippen LogP) is 2.91. The van der Waals surface area contributed by atoms with Crippen LogP contribution < -0.4 is 5.32 Å². The first-order valence-electron chi connectivity index (χ1n) is 7.86. The predicted molar refractivity (Wildman–Crippen MR) is 92.6 cm³/mol. The molecular formula is C18H18N2O6. The molecular weight excluding hydrogens is 340 g/mol. The SMILES string of the molecule is O=C(O)C[C@@H](Cc1ccc([N+](=O)[O-])cc1)NC(=O)OCc1ccccc1. The molecule has 2 N–H and O–H groups in total. The smallest absolute Gasteiger partial charge is 0.407 e. The van der Waals surface area contributed by atoms with Crippen LogP contribution in [-0.4, -0.2) is 28.1 Å². The molecule has 1 amide bonds. The van der Waals surface area contributed by atoms with Crippen molar-refractivity contribution in [2.45, 2.75) is 25.5 Å². The van der Waals surface area contributed by atoms with E-state index in [0.717, 1.165) is 5.56 Å². The summed E-state index contributed by atoms with van der Waals surface area (Å²) in [7, 11) is 0. The van der Waals surface area contributed by atoms with E-state index in [1.807, 2.05) is 18.2 Å². The van der Waals surface area contributed by atoms with Crippen molar-refractivity contribution in [1.82, 2.24) is 5.32 Å². The van der Waals surface area contributed by atoms with Crippen molar-refractivity contribution in [3.05, 3.63) is 75.8 Å². The summed E-state index contributed by atoms with van der Waals surface area (Å²) in [5, 5.41) is 22.2. The Kier molecular flexibility index (Phi) is 6.67. The first kappa shape index (κ1) is 18.9. The minimum atomic E-state index is -1.07. The summed E-state index contributed by atoms with van der Waals surface area (Å²) >= 11 is 0. The third-order valence-corrected chi connectivity index (χ3v) is 3.59. The van der Waals surface area contributed by atoms with Gasteiger partial charge in [-0.15, -0.1) is 0 Å². The van der Waals surface area contributed by atoms with Crippen molar-refractivity contribution < 1.29 is 24.4 Å². The molecule has 0 aliphatic rings. The van der Waals surface area contributed by atoms with Gasteiger partial charge in [0.1, 0.15) is 6.61 Å². The average Bonchev–Trinajstić information content (AvgIpc) is 2.60. The number of nitro groups is 1. The number of alkyl carbamates (subject to hydrolysis) is 1. The van der Waals surface area contributed by atoms with Crippen molar-refractivity contribution in [2.24, 2.45) is 0 Å². The van der Waals surface area contributed by atoms with Gasteiger partial charge in [0.25, 0.3) is 5.69 Å². The van der Waals surface area contributed by atoms with Gasteiger partial charge in [-0.2, -0.15) is 0 Å². The topological polar surface area (TPSA) is 119 Å². The third kappa shape index (κ3) is 6.23. The highest BCUT2D eigenvalue weighted by Crippen LogP contribution is 2.14. The Morgan fingerprint density at radius 1 is 1.08 bits per heavy atom. The zero-order valence-corrected chi connectivity index (χ0v) is 13.8. The van der Waals surface area contributed by atoms with E-state index in [4.69, 9.17) is 9.84 Å². The second-order valence-electron chi connectivity index (χ2n) is 5.63. The highest BCUT2D eigenvalue weighted by atomic mass is 16.6. The van der Waals surface area contributed by atoms with Gasteiger partial charge < -0.3 is 15.2 Å². The number of nitrogens with one attached hydrogen (secondary N) is 1. The largest absolute Gasteiger partial charge is 0.481 e. The number of carboxylic acids is 1. The summed E-state index contributed by atoms with van der Waals surface area (Å²) in [6.45, 7) is 0.0734. The molecule has 2 aromatic carbocycles. The lowest BCUT2D eigenvalue weighted by molar-refractivity contribution is -0.384.